The van der Waals surface area contributed by atoms with Crippen LogP contribution in [0.15, 0.2) is 0 Å². The molecule has 2 N–H and O–H groups in total. The number of halogens is 1. The summed E-state index contributed by atoms with van der Waals surface area (Å²) in [6.07, 6.45) is 0.358. The maximum absolute atomic E-state index is 10.3. The van der Waals surface area contributed by atoms with E-state index in [0.717, 1.165) is 0 Å². The molecule has 0 saturated carbocycles. The summed E-state index contributed by atoms with van der Waals surface area (Å²) in [4.78, 5) is 0. The van der Waals surface area contributed by atoms with Crippen LogP contribution in [0.2, 0.25) is 0 Å². The number of nitrogens with one attached hydrogen (secondary N) is 1. The molecule has 0 bridgehead atoms. The normalized spacial score (nSPS) is 13.5. The molecule has 0 unspecified atom stereocenters. The van der Waals surface area contributed by atoms with Crippen LogP contribution < -0.4 is 4.34 Å². The summed E-state index contributed by atoms with van der Waals surface area (Å²) in [6, 6.07) is 0. The molecule has 0 aromatic rings. The second-order valence-corrected chi connectivity index (χ2v) is 4.98. The molecule has 0 aliphatic rings. The van der Waals surface area contributed by atoms with Gasteiger partial charge in [0, 0.05) is 21.7 Å². The summed E-state index contributed by atoms with van der Waals surface area (Å²) in [5, 5.41) is 0. The predicted octanol–water partition coefficient (Wildman–Crippen LogP) is 0.942. The molecule has 4 nitrogen and oxygen atoms in total. The molecular formula is C5H12BrNO3S. The molecule has 0 fully saturated rings. The van der Waals surface area contributed by atoms with Crippen molar-refractivity contribution >= 4 is 26.3 Å². The van der Waals surface area contributed by atoms with Crippen molar-refractivity contribution in [2.24, 2.45) is 0 Å². The van der Waals surface area contributed by atoms with E-state index in [4.69, 9.17) is 4.55 Å². The molecule has 0 amide bonds. The van der Waals surface area contributed by atoms with Crippen molar-refractivity contribution in [2.45, 2.75) is 25.8 Å². The minimum Gasteiger partial charge on any atom is -0.286 e. The molecule has 11 heavy (non-hydrogen) atoms. The SMILES string of the molecule is CC(C)(CCS(=O)(=O)O)NBr. The lowest BCUT2D eigenvalue weighted by molar-refractivity contribution is 0.441. The molecule has 0 atom stereocenters. The third-order valence-corrected chi connectivity index (χ3v) is 3.03. The molecule has 0 radical (unpaired) electrons. The summed E-state index contributed by atoms with van der Waals surface area (Å²) >= 11 is 3.01. The molecule has 0 aliphatic carbocycles. The fraction of sp³-hybridized carbons (Fsp3) is 1.00. The first-order chi connectivity index (χ1) is 4.77. The maximum atomic E-state index is 10.3. The fourth-order valence-corrected chi connectivity index (χ4v) is 1.40. The average Bonchev–Trinajstić information content (AvgIpc) is 1.83. The molecule has 0 aromatic carbocycles. The van der Waals surface area contributed by atoms with Gasteiger partial charge in [-0.15, -0.1) is 0 Å². The Morgan fingerprint density at radius 1 is 1.55 bits per heavy atom. The molecule has 0 aromatic heterocycles. The second kappa shape index (κ2) is 3.84. The van der Waals surface area contributed by atoms with Crippen LogP contribution in [0.1, 0.15) is 20.3 Å². The van der Waals surface area contributed by atoms with E-state index in [1.807, 2.05) is 13.8 Å². The minimum atomic E-state index is -3.83. The van der Waals surface area contributed by atoms with E-state index < -0.39 is 10.1 Å². The van der Waals surface area contributed by atoms with Crippen molar-refractivity contribution in [3.63, 3.8) is 0 Å². The molecular weight excluding hydrogens is 234 g/mol. The van der Waals surface area contributed by atoms with Crippen LogP contribution in [0.5, 0.6) is 0 Å². The molecule has 0 heterocycles. The summed E-state index contributed by atoms with van der Waals surface area (Å²) in [5.74, 6) is -0.224. The van der Waals surface area contributed by atoms with E-state index in [-0.39, 0.29) is 11.3 Å². The van der Waals surface area contributed by atoms with Crippen LogP contribution >= 0.6 is 16.1 Å². The highest BCUT2D eigenvalue weighted by atomic mass is 79.9. The van der Waals surface area contributed by atoms with Gasteiger partial charge in [-0.25, -0.2) is 0 Å². The predicted molar refractivity (Wildman–Crippen MR) is 47.2 cm³/mol. The fourth-order valence-electron chi connectivity index (χ4n) is 0.431. The third-order valence-electron chi connectivity index (χ3n) is 1.24. The lowest BCUT2D eigenvalue weighted by Gasteiger charge is -2.21. The van der Waals surface area contributed by atoms with Crippen molar-refractivity contribution in [1.29, 1.82) is 0 Å². The van der Waals surface area contributed by atoms with Gasteiger partial charge in [-0.2, -0.15) is 8.42 Å². The largest absolute Gasteiger partial charge is 0.286 e. The number of hydrogen-bond acceptors (Lipinski definition) is 3. The van der Waals surface area contributed by atoms with Gasteiger partial charge in [0.15, 0.2) is 0 Å². The van der Waals surface area contributed by atoms with Crippen molar-refractivity contribution in [3.8, 4) is 0 Å². The van der Waals surface area contributed by atoms with Crippen LogP contribution in [0.4, 0.5) is 0 Å². The monoisotopic (exact) mass is 245 g/mol. The van der Waals surface area contributed by atoms with Crippen molar-refractivity contribution in [1.82, 2.24) is 4.34 Å². The van der Waals surface area contributed by atoms with Crippen LogP contribution in [0, 0.1) is 0 Å². The maximum Gasteiger partial charge on any atom is 0.264 e. The Bertz CT molecular complexity index is 212. The lowest BCUT2D eigenvalue weighted by Crippen LogP contribution is -2.34. The standard InChI is InChI=1S/C5H12BrNO3S/c1-5(2,7-6)3-4-11(8,9)10/h7H,3-4H2,1-2H3,(H,8,9,10). The van der Waals surface area contributed by atoms with Crippen molar-refractivity contribution < 1.29 is 13.0 Å². The topological polar surface area (TPSA) is 66.4 Å². The van der Waals surface area contributed by atoms with Gasteiger partial charge in [-0.1, -0.05) is 0 Å². The Balaban J connectivity index is 3.90. The van der Waals surface area contributed by atoms with Crippen molar-refractivity contribution in [2.75, 3.05) is 5.75 Å². The highest BCUT2D eigenvalue weighted by Gasteiger charge is 2.18. The Kier molecular flexibility index (Phi) is 3.96. The van der Waals surface area contributed by atoms with Gasteiger partial charge in [0.25, 0.3) is 10.1 Å². The zero-order valence-electron chi connectivity index (χ0n) is 6.46. The molecule has 0 spiro atoms. The van der Waals surface area contributed by atoms with Crippen LogP contribution in [-0.2, 0) is 10.1 Å². The number of rotatable bonds is 4. The molecule has 0 aliphatic heterocycles. The van der Waals surface area contributed by atoms with Gasteiger partial charge in [0.1, 0.15) is 0 Å². The Labute approximate surface area is 75.5 Å². The van der Waals surface area contributed by atoms with Crippen LogP contribution in [0.25, 0.3) is 0 Å². The van der Waals surface area contributed by atoms with E-state index in [1.165, 1.54) is 0 Å². The van der Waals surface area contributed by atoms with Crippen molar-refractivity contribution in [3.05, 3.63) is 0 Å². The molecule has 0 rings (SSSR count). The zero-order valence-corrected chi connectivity index (χ0v) is 8.87. The van der Waals surface area contributed by atoms with Gasteiger partial charge < -0.3 is 0 Å². The first-order valence-corrected chi connectivity index (χ1v) is 5.50. The Morgan fingerprint density at radius 3 is 2.27 bits per heavy atom. The van der Waals surface area contributed by atoms with E-state index in [0.29, 0.717) is 6.42 Å². The summed E-state index contributed by atoms with van der Waals surface area (Å²) in [7, 11) is -3.83. The minimum absolute atomic E-state index is 0.224. The summed E-state index contributed by atoms with van der Waals surface area (Å²) < 4.78 is 31.8. The van der Waals surface area contributed by atoms with E-state index in [9.17, 15) is 8.42 Å². The highest BCUT2D eigenvalue weighted by Crippen LogP contribution is 2.10. The third kappa shape index (κ3) is 6.74. The zero-order chi connectivity index (χ0) is 9.12. The van der Waals surface area contributed by atoms with Gasteiger partial charge in [0.2, 0.25) is 0 Å². The smallest absolute Gasteiger partial charge is 0.264 e. The average molecular weight is 246 g/mol. The summed E-state index contributed by atoms with van der Waals surface area (Å²) in [5.41, 5.74) is -0.324. The first kappa shape index (κ1) is 11.4. The molecule has 0 saturated heterocycles. The van der Waals surface area contributed by atoms with E-state index in [2.05, 4.69) is 20.5 Å². The number of hydrogen-bond donors (Lipinski definition) is 2. The Morgan fingerprint density at radius 2 is 2.00 bits per heavy atom. The van der Waals surface area contributed by atoms with E-state index >= 15 is 0 Å². The van der Waals surface area contributed by atoms with E-state index in [1.54, 1.807) is 0 Å². The van der Waals surface area contributed by atoms with Gasteiger partial charge in [-0.05, 0) is 20.3 Å². The first-order valence-electron chi connectivity index (χ1n) is 3.10. The van der Waals surface area contributed by atoms with Crippen LogP contribution in [-0.4, -0.2) is 24.3 Å². The quantitative estimate of drug-likeness (QED) is 0.572. The molecule has 6 heteroatoms. The highest BCUT2D eigenvalue weighted by molar-refractivity contribution is 9.08. The van der Waals surface area contributed by atoms with Gasteiger partial charge in [-0.3, -0.25) is 8.90 Å². The second-order valence-electron chi connectivity index (χ2n) is 3.01. The lowest BCUT2D eigenvalue weighted by atomic mass is 10.0. The Hall–Kier alpha value is 0.350. The molecule has 68 valence electrons. The van der Waals surface area contributed by atoms with Gasteiger partial charge in [0.05, 0.1) is 5.75 Å². The summed E-state index contributed by atoms with van der Waals surface area (Å²) in [6.45, 7) is 3.65. The van der Waals surface area contributed by atoms with Crippen LogP contribution in [0.3, 0.4) is 0 Å². The van der Waals surface area contributed by atoms with Gasteiger partial charge >= 0.3 is 0 Å².